The van der Waals surface area contributed by atoms with Crippen LogP contribution in [0, 0.1) is 6.92 Å². The Morgan fingerprint density at radius 3 is 2.50 bits per heavy atom. The molecule has 0 aromatic carbocycles. The van der Waals surface area contributed by atoms with Crippen molar-refractivity contribution >= 4 is 17.2 Å². The Balaban J connectivity index is 1.96. The summed E-state index contributed by atoms with van der Waals surface area (Å²) in [4.78, 5) is 6.30. The summed E-state index contributed by atoms with van der Waals surface area (Å²) in [6.45, 7) is 4.03. The second-order valence-corrected chi connectivity index (χ2v) is 6.06. The number of aryl methyl sites for hydroxylation is 1. The highest BCUT2D eigenvalue weighted by Crippen LogP contribution is 2.29. The lowest BCUT2D eigenvalue weighted by Gasteiger charge is -2.14. The van der Waals surface area contributed by atoms with Gasteiger partial charge in [-0.2, -0.15) is 13.2 Å². The molecule has 2 rings (SSSR count). The number of thiophene rings is 1. The molecule has 2 nitrogen and oxygen atoms in total. The molecule has 1 atom stereocenters. The van der Waals surface area contributed by atoms with Crippen molar-refractivity contribution in [2.24, 2.45) is 0 Å². The van der Waals surface area contributed by atoms with Gasteiger partial charge in [0, 0.05) is 28.4 Å². The molecule has 0 amide bonds. The van der Waals surface area contributed by atoms with Crippen LogP contribution in [0.25, 0.3) is 0 Å². The van der Waals surface area contributed by atoms with E-state index < -0.39 is 11.7 Å². The monoisotopic (exact) mass is 300 g/mol. The number of rotatable bonds is 4. The van der Waals surface area contributed by atoms with Gasteiger partial charge in [0.15, 0.2) is 0 Å². The first kappa shape index (κ1) is 14.8. The van der Waals surface area contributed by atoms with E-state index in [1.165, 1.54) is 15.8 Å². The predicted octanol–water partition coefficient (Wildman–Crippen LogP) is 4.51. The van der Waals surface area contributed by atoms with Gasteiger partial charge in [-0.15, -0.1) is 11.3 Å². The molecule has 0 bridgehead atoms. The van der Waals surface area contributed by atoms with E-state index in [2.05, 4.69) is 22.4 Å². The SMILES string of the molecule is Cc1ccc(CC(C)Nc2ccc(C(F)(F)F)cn2)s1. The van der Waals surface area contributed by atoms with E-state index in [4.69, 9.17) is 0 Å². The first-order valence-corrected chi connectivity index (χ1v) is 7.01. The Morgan fingerprint density at radius 1 is 1.25 bits per heavy atom. The molecule has 108 valence electrons. The van der Waals surface area contributed by atoms with E-state index in [1.54, 1.807) is 11.3 Å². The number of anilines is 1. The first-order valence-electron chi connectivity index (χ1n) is 6.19. The molecule has 0 aliphatic rings. The number of aromatic nitrogens is 1. The zero-order chi connectivity index (χ0) is 14.8. The number of halogens is 3. The quantitative estimate of drug-likeness (QED) is 0.898. The molecule has 0 saturated heterocycles. The second kappa shape index (κ2) is 5.83. The average molecular weight is 300 g/mol. The summed E-state index contributed by atoms with van der Waals surface area (Å²) in [5.74, 6) is 0.457. The third-order valence-electron chi connectivity index (χ3n) is 2.79. The molecule has 0 aliphatic heterocycles. The summed E-state index contributed by atoms with van der Waals surface area (Å²) in [6.07, 6.45) is -2.67. The van der Waals surface area contributed by atoms with Gasteiger partial charge in [0.2, 0.25) is 0 Å². The molecule has 2 aromatic rings. The summed E-state index contributed by atoms with van der Waals surface area (Å²) in [5, 5.41) is 3.11. The van der Waals surface area contributed by atoms with Crippen LogP contribution in [0.1, 0.15) is 22.2 Å². The Kier molecular flexibility index (Phi) is 4.32. The normalized spacial score (nSPS) is 13.2. The minimum Gasteiger partial charge on any atom is -0.367 e. The summed E-state index contributed by atoms with van der Waals surface area (Å²) in [7, 11) is 0. The Bertz CT molecular complexity index is 561. The van der Waals surface area contributed by atoms with Crippen molar-refractivity contribution in [3.63, 3.8) is 0 Å². The van der Waals surface area contributed by atoms with Gasteiger partial charge in [0.25, 0.3) is 0 Å². The molecular weight excluding hydrogens is 285 g/mol. The molecule has 0 radical (unpaired) electrons. The number of pyridine rings is 1. The molecule has 6 heteroatoms. The molecule has 0 aliphatic carbocycles. The average Bonchev–Trinajstić information content (AvgIpc) is 2.74. The summed E-state index contributed by atoms with van der Waals surface area (Å²) < 4.78 is 37.2. The van der Waals surface area contributed by atoms with Crippen LogP contribution in [0.3, 0.4) is 0 Å². The highest BCUT2D eigenvalue weighted by Gasteiger charge is 2.30. The van der Waals surface area contributed by atoms with E-state index >= 15 is 0 Å². The van der Waals surface area contributed by atoms with Gasteiger partial charge in [-0.25, -0.2) is 4.98 Å². The van der Waals surface area contributed by atoms with Crippen molar-refractivity contribution in [3.8, 4) is 0 Å². The van der Waals surface area contributed by atoms with Crippen LogP contribution < -0.4 is 5.32 Å². The lowest BCUT2D eigenvalue weighted by Crippen LogP contribution is -2.18. The second-order valence-electron chi connectivity index (χ2n) is 4.69. The zero-order valence-corrected chi connectivity index (χ0v) is 12.0. The molecule has 1 N–H and O–H groups in total. The Labute approximate surface area is 119 Å². The van der Waals surface area contributed by atoms with Crippen molar-refractivity contribution in [1.29, 1.82) is 0 Å². The predicted molar refractivity (Wildman–Crippen MR) is 75.1 cm³/mol. The minimum atomic E-state index is -4.34. The van der Waals surface area contributed by atoms with Crippen LogP contribution in [0.5, 0.6) is 0 Å². The van der Waals surface area contributed by atoms with Gasteiger partial charge < -0.3 is 5.32 Å². The largest absolute Gasteiger partial charge is 0.417 e. The highest BCUT2D eigenvalue weighted by molar-refractivity contribution is 7.11. The van der Waals surface area contributed by atoms with Gasteiger partial charge in [-0.05, 0) is 38.1 Å². The van der Waals surface area contributed by atoms with Crippen LogP contribution in [-0.4, -0.2) is 11.0 Å². The molecule has 0 spiro atoms. The van der Waals surface area contributed by atoms with E-state index in [0.29, 0.717) is 5.82 Å². The van der Waals surface area contributed by atoms with E-state index in [-0.39, 0.29) is 6.04 Å². The third-order valence-corrected chi connectivity index (χ3v) is 3.81. The van der Waals surface area contributed by atoms with Crippen LogP contribution >= 0.6 is 11.3 Å². The zero-order valence-electron chi connectivity index (χ0n) is 11.2. The molecule has 2 aromatic heterocycles. The van der Waals surface area contributed by atoms with Gasteiger partial charge in [0.05, 0.1) is 5.56 Å². The first-order chi connectivity index (χ1) is 9.34. The van der Waals surface area contributed by atoms with Crippen LogP contribution in [0.4, 0.5) is 19.0 Å². The van der Waals surface area contributed by atoms with Gasteiger partial charge >= 0.3 is 6.18 Å². The van der Waals surface area contributed by atoms with Crippen LogP contribution in [-0.2, 0) is 12.6 Å². The summed E-state index contributed by atoms with van der Waals surface area (Å²) in [6, 6.07) is 6.63. The van der Waals surface area contributed by atoms with Gasteiger partial charge in [-0.1, -0.05) is 0 Å². The third kappa shape index (κ3) is 3.96. The Hall–Kier alpha value is -1.56. The molecule has 0 saturated carbocycles. The van der Waals surface area contributed by atoms with Gasteiger partial charge in [-0.3, -0.25) is 0 Å². The lowest BCUT2D eigenvalue weighted by molar-refractivity contribution is -0.137. The van der Waals surface area contributed by atoms with E-state index in [9.17, 15) is 13.2 Å². The van der Waals surface area contributed by atoms with Crippen LogP contribution in [0.2, 0.25) is 0 Å². The minimum absolute atomic E-state index is 0.109. The van der Waals surface area contributed by atoms with Crippen molar-refractivity contribution < 1.29 is 13.2 Å². The maximum atomic E-state index is 12.4. The fraction of sp³-hybridized carbons (Fsp3) is 0.357. The van der Waals surface area contributed by atoms with E-state index in [1.807, 2.05) is 13.8 Å². The molecule has 20 heavy (non-hydrogen) atoms. The summed E-state index contributed by atoms with van der Waals surface area (Å²) >= 11 is 1.72. The smallest absolute Gasteiger partial charge is 0.367 e. The number of nitrogens with zero attached hydrogens (tertiary/aromatic N) is 1. The maximum absolute atomic E-state index is 12.4. The van der Waals surface area contributed by atoms with Crippen molar-refractivity contribution in [1.82, 2.24) is 4.98 Å². The van der Waals surface area contributed by atoms with Gasteiger partial charge in [0.1, 0.15) is 5.82 Å². The van der Waals surface area contributed by atoms with E-state index in [0.717, 1.165) is 18.7 Å². The molecule has 2 heterocycles. The maximum Gasteiger partial charge on any atom is 0.417 e. The number of alkyl halides is 3. The van der Waals surface area contributed by atoms with Crippen LogP contribution in [0.15, 0.2) is 30.5 Å². The number of hydrogen-bond acceptors (Lipinski definition) is 3. The molecule has 1 unspecified atom stereocenters. The fourth-order valence-electron chi connectivity index (χ4n) is 1.85. The lowest BCUT2D eigenvalue weighted by atomic mass is 10.2. The topological polar surface area (TPSA) is 24.9 Å². The standard InChI is InChI=1S/C14H15F3N2S/c1-9(7-12-5-3-10(2)20-12)19-13-6-4-11(8-18-13)14(15,16)17/h3-6,8-9H,7H2,1-2H3,(H,18,19). The highest BCUT2D eigenvalue weighted by atomic mass is 32.1. The number of hydrogen-bond donors (Lipinski definition) is 1. The molecular formula is C14H15F3N2S. The number of nitrogens with one attached hydrogen (secondary N) is 1. The van der Waals surface area contributed by atoms with Crippen molar-refractivity contribution in [2.45, 2.75) is 32.5 Å². The summed E-state index contributed by atoms with van der Waals surface area (Å²) in [5.41, 5.74) is -0.732. The van der Waals surface area contributed by atoms with Crippen molar-refractivity contribution in [3.05, 3.63) is 45.8 Å². The fourth-order valence-corrected chi connectivity index (χ4v) is 2.87. The molecule has 0 fully saturated rings. The van der Waals surface area contributed by atoms with Crippen molar-refractivity contribution in [2.75, 3.05) is 5.32 Å². The Morgan fingerprint density at radius 2 is 2.00 bits per heavy atom.